The maximum absolute atomic E-state index is 12.2. The lowest BCUT2D eigenvalue weighted by Crippen LogP contribution is -2.39. The largest absolute Gasteiger partial charge is 0.481 e. The van der Waals surface area contributed by atoms with E-state index in [1.54, 1.807) is 0 Å². The van der Waals surface area contributed by atoms with Gasteiger partial charge in [0.15, 0.2) is 0 Å². The summed E-state index contributed by atoms with van der Waals surface area (Å²) in [5.41, 5.74) is 0. The highest BCUT2D eigenvalue weighted by Crippen LogP contribution is 2.36. The van der Waals surface area contributed by atoms with E-state index < -0.39 is 5.97 Å². The van der Waals surface area contributed by atoms with Crippen LogP contribution in [-0.4, -0.2) is 33.8 Å². The van der Waals surface area contributed by atoms with E-state index in [4.69, 9.17) is 5.11 Å². The van der Waals surface area contributed by atoms with Crippen LogP contribution in [0.4, 0.5) is 0 Å². The molecule has 2 amide bonds. The van der Waals surface area contributed by atoms with E-state index in [1.807, 2.05) is 19.1 Å². The molecule has 1 aliphatic carbocycles. The quantitative estimate of drug-likeness (QED) is 0.605. The Morgan fingerprint density at radius 3 is 2.32 bits per heavy atom. The van der Waals surface area contributed by atoms with Crippen LogP contribution >= 0.6 is 0 Å². The fraction of sp³-hybridized carbons (Fsp3) is 0.643. The molecule has 1 N–H and O–H groups in total. The fourth-order valence-electron chi connectivity index (χ4n) is 2.94. The molecule has 0 radical (unpaired) electrons. The highest BCUT2D eigenvalue weighted by Gasteiger charge is 2.48. The number of amides is 2. The van der Waals surface area contributed by atoms with Gasteiger partial charge in [-0.3, -0.25) is 19.3 Å². The predicted octanol–water partition coefficient (Wildman–Crippen LogP) is 1.58. The van der Waals surface area contributed by atoms with Crippen molar-refractivity contribution in [1.82, 2.24) is 4.90 Å². The lowest BCUT2D eigenvalue weighted by molar-refractivity contribution is -0.142. The molecule has 1 heterocycles. The SMILES string of the molecule is CC(CCCC(=O)O)N1C(=O)C2CC=CCC2C1=O. The number of carboxylic acids is 1. The number of hydrogen-bond donors (Lipinski definition) is 1. The number of imide groups is 1. The van der Waals surface area contributed by atoms with E-state index >= 15 is 0 Å². The molecule has 0 aromatic rings. The molecule has 0 bridgehead atoms. The maximum atomic E-state index is 12.2. The van der Waals surface area contributed by atoms with Gasteiger partial charge in [0, 0.05) is 12.5 Å². The van der Waals surface area contributed by atoms with Crippen molar-refractivity contribution < 1.29 is 19.5 Å². The Labute approximate surface area is 112 Å². The first kappa shape index (κ1) is 13.8. The highest BCUT2D eigenvalue weighted by atomic mass is 16.4. The van der Waals surface area contributed by atoms with Gasteiger partial charge in [0.1, 0.15) is 0 Å². The lowest BCUT2D eigenvalue weighted by atomic mass is 9.85. The first-order valence-electron chi connectivity index (χ1n) is 6.76. The molecule has 0 saturated carbocycles. The summed E-state index contributed by atoms with van der Waals surface area (Å²) >= 11 is 0. The van der Waals surface area contributed by atoms with Gasteiger partial charge in [0.05, 0.1) is 11.8 Å². The first-order chi connectivity index (χ1) is 9.02. The molecular formula is C14H19NO4. The minimum atomic E-state index is -0.843. The summed E-state index contributed by atoms with van der Waals surface area (Å²) < 4.78 is 0. The van der Waals surface area contributed by atoms with Gasteiger partial charge in [-0.25, -0.2) is 0 Å². The average Bonchev–Trinajstić information content (AvgIpc) is 2.62. The summed E-state index contributed by atoms with van der Waals surface area (Å²) in [6.07, 6.45) is 6.34. The van der Waals surface area contributed by atoms with Crippen molar-refractivity contribution in [3.05, 3.63) is 12.2 Å². The number of carbonyl (C=O) groups is 3. The van der Waals surface area contributed by atoms with Crippen molar-refractivity contribution in [2.24, 2.45) is 11.8 Å². The van der Waals surface area contributed by atoms with Gasteiger partial charge in [-0.05, 0) is 32.6 Å². The van der Waals surface area contributed by atoms with Gasteiger partial charge in [-0.15, -0.1) is 0 Å². The number of carbonyl (C=O) groups excluding carboxylic acids is 2. The van der Waals surface area contributed by atoms with E-state index in [0.717, 1.165) is 0 Å². The third-order valence-corrected chi connectivity index (χ3v) is 3.99. The minimum absolute atomic E-state index is 0.0783. The number of fused-ring (bicyclic) bond motifs is 1. The molecule has 5 heteroatoms. The van der Waals surface area contributed by atoms with Crippen molar-refractivity contribution in [2.75, 3.05) is 0 Å². The van der Waals surface area contributed by atoms with E-state index in [9.17, 15) is 14.4 Å². The van der Waals surface area contributed by atoms with Crippen molar-refractivity contribution in [3.63, 3.8) is 0 Å². The van der Waals surface area contributed by atoms with Gasteiger partial charge >= 0.3 is 5.97 Å². The second kappa shape index (κ2) is 5.55. The molecule has 0 aromatic heterocycles. The first-order valence-corrected chi connectivity index (χ1v) is 6.76. The molecule has 104 valence electrons. The minimum Gasteiger partial charge on any atom is -0.481 e. The van der Waals surface area contributed by atoms with Crippen molar-refractivity contribution in [3.8, 4) is 0 Å². The lowest BCUT2D eigenvalue weighted by Gasteiger charge is -2.22. The monoisotopic (exact) mass is 265 g/mol. The number of aliphatic carboxylic acids is 1. The second-order valence-electron chi connectivity index (χ2n) is 5.34. The van der Waals surface area contributed by atoms with E-state index in [0.29, 0.717) is 25.7 Å². The van der Waals surface area contributed by atoms with Crippen LogP contribution in [0.3, 0.4) is 0 Å². The van der Waals surface area contributed by atoms with Crippen molar-refractivity contribution >= 4 is 17.8 Å². The summed E-state index contributed by atoms with van der Waals surface area (Å²) in [5, 5.41) is 8.61. The Morgan fingerprint density at radius 2 is 1.84 bits per heavy atom. The summed E-state index contributed by atoms with van der Waals surface area (Å²) in [6.45, 7) is 1.82. The van der Waals surface area contributed by atoms with E-state index in [2.05, 4.69) is 0 Å². The van der Waals surface area contributed by atoms with Crippen molar-refractivity contribution in [1.29, 1.82) is 0 Å². The number of likely N-dealkylation sites (tertiary alicyclic amines) is 1. The van der Waals surface area contributed by atoms with Crippen LogP contribution in [0.25, 0.3) is 0 Å². The van der Waals surface area contributed by atoms with Gasteiger partial charge in [0.25, 0.3) is 0 Å². The maximum Gasteiger partial charge on any atom is 0.303 e. The smallest absolute Gasteiger partial charge is 0.303 e. The zero-order valence-electron chi connectivity index (χ0n) is 11.0. The van der Waals surface area contributed by atoms with Crippen molar-refractivity contribution in [2.45, 2.75) is 45.1 Å². The standard InChI is InChI=1S/C14H19NO4/c1-9(5-4-8-12(16)17)15-13(18)10-6-2-3-7-11(10)14(15)19/h2-3,9-11H,4-8H2,1H3,(H,16,17). The molecule has 3 unspecified atom stereocenters. The zero-order chi connectivity index (χ0) is 14.0. The fourth-order valence-corrected chi connectivity index (χ4v) is 2.94. The molecule has 5 nitrogen and oxygen atoms in total. The molecule has 0 aromatic carbocycles. The average molecular weight is 265 g/mol. The Kier molecular flexibility index (Phi) is 4.02. The van der Waals surface area contributed by atoms with Crippen LogP contribution in [0.5, 0.6) is 0 Å². The molecule has 3 atom stereocenters. The molecule has 2 rings (SSSR count). The van der Waals surface area contributed by atoms with Crippen LogP contribution in [0.2, 0.25) is 0 Å². The molecule has 1 saturated heterocycles. The van der Waals surface area contributed by atoms with Crippen LogP contribution in [-0.2, 0) is 14.4 Å². The molecule has 0 spiro atoms. The topological polar surface area (TPSA) is 74.7 Å². The Balaban J connectivity index is 1.98. The predicted molar refractivity (Wildman–Crippen MR) is 68.2 cm³/mol. The second-order valence-corrected chi connectivity index (χ2v) is 5.34. The molecule has 19 heavy (non-hydrogen) atoms. The molecule has 1 aliphatic heterocycles. The number of allylic oxidation sites excluding steroid dienone is 2. The number of hydrogen-bond acceptors (Lipinski definition) is 3. The van der Waals surface area contributed by atoms with Crippen LogP contribution in [0.1, 0.15) is 39.0 Å². The van der Waals surface area contributed by atoms with Crippen LogP contribution in [0, 0.1) is 11.8 Å². The van der Waals surface area contributed by atoms with E-state index in [-0.39, 0.29) is 36.1 Å². The van der Waals surface area contributed by atoms with Crippen LogP contribution in [0.15, 0.2) is 12.2 Å². The number of rotatable bonds is 5. The van der Waals surface area contributed by atoms with Crippen LogP contribution < -0.4 is 0 Å². The normalized spacial score (nSPS) is 27.5. The highest BCUT2D eigenvalue weighted by molar-refractivity contribution is 6.05. The molecule has 2 aliphatic rings. The van der Waals surface area contributed by atoms with Gasteiger partial charge in [0.2, 0.25) is 11.8 Å². The molecular weight excluding hydrogens is 246 g/mol. The molecule has 1 fully saturated rings. The zero-order valence-corrected chi connectivity index (χ0v) is 11.0. The van der Waals surface area contributed by atoms with Gasteiger partial charge < -0.3 is 5.11 Å². The Bertz CT molecular complexity index is 403. The summed E-state index contributed by atoms with van der Waals surface area (Å²) in [4.78, 5) is 36.3. The Morgan fingerprint density at radius 1 is 1.32 bits per heavy atom. The summed E-state index contributed by atoms with van der Waals surface area (Å²) in [5.74, 6) is -1.40. The summed E-state index contributed by atoms with van der Waals surface area (Å²) in [7, 11) is 0. The third kappa shape index (κ3) is 2.69. The Hall–Kier alpha value is -1.65. The summed E-state index contributed by atoms with van der Waals surface area (Å²) in [6, 6.07) is -0.204. The number of carboxylic acid groups (broad SMARTS) is 1. The van der Waals surface area contributed by atoms with Gasteiger partial charge in [-0.2, -0.15) is 0 Å². The number of nitrogens with zero attached hydrogens (tertiary/aromatic N) is 1. The van der Waals surface area contributed by atoms with Gasteiger partial charge in [-0.1, -0.05) is 12.2 Å². The third-order valence-electron chi connectivity index (χ3n) is 3.99. The van der Waals surface area contributed by atoms with E-state index in [1.165, 1.54) is 4.90 Å².